The molecule has 0 spiro atoms. The molecule has 2 aromatic heterocycles. The van der Waals surface area contributed by atoms with Crippen LogP contribution in [0.2, 0.25) is 5.15 Å². The molecule has 0 aliphatic carbocycles. The third kappa shape index (κ3) is 2.40. The Bertz CT molecular complexity index is 455. The molecule has 3 N–H and O–H groups in total. The number of nitrogens with two attached hydrogens (primary N) is 1. The topological polar surface area (TPSA) is 50.9 Å². The Morgan fingerprint density at radius 2 is 2.33 bits per heavy atom. The van der Waals surface area contributed by atoms with Gasteiger partial charge in [-0.15, -0.1) is 11.3 Å². The van der Waals surface area contributed by atoms with E-state index in [2.05, 4.69) is 10.3 Å². The minimum Gasteiger partial charge on any atom is -0.398 e. The monoisotopic (exact) mass is 239 g/mol. The van der Waals surface area contributed by atoms with Crippen molar-refractivity contribution in [3.8, 4) is 0 Å². The fraction of sp³-hybridized carbons (Fsp3) is 0.100. The molecule has 0 aliphatic rings. The third-order valence-corrected chi connectivity index (χ3v) is 3.22. The summed E-state index contributed by atoms with van der Waals surface area (Å²) in [5.41, 5.74) is 7.40. The number of nitrogens with zero attached hydrogens (tertiary/aromatic N) is 1. The van der Waals surface area contributed by atoms with Crippen LogP contribution in [0.5, 0.6) is 0 Å². The van der Waals surface area contributed by atoms with Gasteiger partial charge in [0, 0.05) is 16.8 Å². The summed E-state index contributed by atoms with van der Waals surface area (Å²) in [6.07, 6.45) is 1.66. The zero-order valence-electron chi connectivity index (χ0n) is 7.90. The number of hydrogen-bond acceptors (Lipinski definition) is 4. The van der Waals surface area contributed by atoms with E-state index in [9.17, 15) is 0 Å². The van der Waals surface area contributed by atoms with E-state index < -0.39 is 0 Å². The average molecular weight is 240 g/mol. The van der Waals surface area contributed by atoms with E-state index in [4.69, 9.17) is 17.3 Å². The predicted octanol–water partition coefficient (Wildman–Crippen LogP) is 2.99. The van der Waals surface area contributed by atoms with E-state index in [1.54, 1.807) is 17.5 Å². The van der Waals surface area contributed by atoms with Crippen LogP contribution in [0.3, 0.4) is 0 Å². The SMILES string of the molecule is Nc1ccsc1CNc1cccnc1Cl. The molecule has 5 heteroatoms. The van der Waals surface area contributed by atoms with Crippen molar-refractivity contribution in [2.75, 3.05) is 11.1 Å². The second kappa shape index (κ2) is 4.51. The molecule has 15 heavy (non-hydrogen) atoms. The molecular formula is C10H10ClN3S. The Hall–Kier alpha value is -1.26. The van der Waals surface area contributed by atoms with Crippen LogP contribution in [0, 0.1) is 0 Å². The minimum atomic E-state index is 0.479. The smallest absolute Gasteiger partial charge is 0.152 e. The fourth-order valence-electron chi connectivity index (χ4n) is 1.19. The third-order valence-electron chi connectivity index (χ3n) is 1.98. The number of aromatic nitrogens is 1. The second-order valence-corrected chi connectivity index (χ2v) is 4.35. The van der Waals surface area contributed by atoms with Crippen molar-refractivity contribution in [2.45, 2.75) is 6.54 Å². The molecular weight excluding hydrogens is 230 g/mol. The maximum Gasteiger partial charge on any atom is 0.152 e. The Balaban J connectivity index is 2.06. The van der Waals surface area contributed by atoms with Crippen molar-refractivity contribution in [1.29, 1.82) is 0 Å². The molecule has 0 bridgehead atoms. The quantitative estimate of drug-likeness (QED) is 0.810. The molecule has 78 valence electrons. The number of hydrogen-bond donors (Lipinski definition) is 2. The average Bonchev–Trinajstić information content (AvgIpc) is 2.63. The standard InChI is InChI=1S/C10H10ClN3S/c11-10-8(2-1-4-13-10)14-6-9-7(12)3-5-15-9/h1-5,14H,6,12H2. The lowest BCUT2D eigenvalue weighted by Gasteiger charge is -2.06. The van der Waals surface area contributed by atoms with Gasteiger partial charge in [-0.1, -0.05) is 11.6 Å². The van der Waals surface area contributed by atoms with Crippen LogP contribution in [0.1, 0.15) is 4.88 Å². The molecule has 0 unspecified atom stereocenters. The van der Waals surface area contributed by atoms with Crippen LogP contribution in [0.15, 0.2) is 29.8 Å². The number of nitrogens with one attached hydrogen (secondary N) is 1. The summed E-state index contributed by atoms with van der Waals surface area (Å²) < 4.78 is 0. The van der Waals surface area contributed by atoms with Gasteiger partial charge in [-0.05, 0) is 23.6 Å². The summed E-state index contributed by atoms with van der Waals surface area (Å²) in [6, 6.07) is 5.62. The first-order chi connectivity index (χ1) is 7.27. The number of rotatable bonds is 3. The number of nitrogen functional groups attached to an aromatic ring is 1. The number of anilines is 2. The lowest BCUT2D eigenvalue weighted by atomic mass is 10.3. The number of halogens is 1. The number of thiophene rings is 1. The Labute approximate surface area is 96.9 Å². The first kappa shape index (κ1) is 10.3. The van der Waals surface area contributed by atoms with Crippen LogP contribution in [-0.2, 0) is 6.54 Å². The molecule has 0 saturated carbocycles. The molecule has 0 atom stereocenters. The van der Waals surface area contributed by atoms with E-state index in [0.29, 0.717) is 11.7 Å². The summed E-state index contributed by atoms with van der Waals surface area (Å²) in [5, 5.41) is 5.64. The second-order valence-electron chi connectivity index (χ2n) is 2.99. The van der Waals surface area contributed by atoms with Gasteiger partial charge in [0.05, 0.1) is 12.2 Å². The van der Waals surface area contributed by atoms with Crippen LogP contribution < -0.4 is 11.1 Å². The largest absolute Gasteiger partial charge is 0.398 e. The molecule has 0 fully saturated rings. The van der Waals surface area contributed by atoms with Gasteiger partial charge >= 0.3 is 0 Å². The maximum atomic E-state index is 5.90. The van der Waals surface area contributed by atoms with Gasteiger partial charge in [0.15, 0.2) is 5.15 Å². The summed E-state index contributed by atoms with van der Waals surface area (Å²) in [7, 11) is 0. The lowest BCUT2D eigenvalue weighted by Crippen LogP contribution is -2.00. The summed E-state index contributed by atoms with van der Waals surface area (Å²) in [4.78, 5) is 5.08. The summed E-state index contributed by atoms with van der Waals surface area (Å²) >= 11 is 7.53. The van der Waals surface area contributed by atoms with E-state index in [0.717, 1.165) is 16.3 Å². The van der Waals surface area contributed by atoms with Gasteiger partial charge in [0.1, 0.15) is 0 Å². The van der Waals surface area contributed by atoms with Gasteiger partial charge in [-0.2, -0.15) is 0 Å². The minimum absolute atomic E-state index is 0.479. The molecule has 0 saturated heterocycles. The van der Waals surface area contributed by atoms with Crippen molar-refractivity contribution in [2.24, 2.45) is 0 Å². The predicted molar refractivity (Wildman–Crippen MR) is 65.3 cm³/mol. The van der Waals surface area contributed by atoms with Gasteiger partial charge in [-0.3, -0.25) is 0 Å². The highest BCUT2D eigenvalue weighted by atomic mass is 35.5. The van der Waals surface area contributed by atoms with Gasteiger partial charge < -0.3 is 11.1 Å². The molecule has 0 aliphatic heterocycles. The van der Waals surface area contributed by atoms with E-state index in [1.807, 2.05) is 23.6 Å². The van der Waals surface area contributed by atoms with Crippen LogP contribution in [0.4, 0.5) is 11.4 Å². The molecule has 0 amide bonds. The highest BCUT2D eigenvalue weighted by Crippen LogP contribution is 2.22. The van der Waals surface area contributed by atoms with E-state index in [-0.39, 0.29) is 0 Å². The first-order valence-electron chi connectivity index (χ1n) is 4.43. The van der Waals surface area contributed by atoms with Gasteiger partial charge in [0.25, 0.3) is 0 Å². The lowest BCUT2D eigenvalue weighted by molar-refractivity contribution is 1.18. The number of pyridine rings is 1. The Morgan fingerprint density at radius 1 is 1.47 bits per heavy atom. The molecule has 2 aromatic rings. The highest BCUT2D eigenvalue weighted by molar-refractivity contribution is 7.10. The molecule has 2 rings (SSSR count). The maximum absolute atomic E-state index is 5.90. The zero-order chi connectivity index (χ0) is 10.7. The zero-order valence-corrected chi connectivity index (χ0v) is 9.48. The van der Waals surface area contributed by atoms with Crippen molar-refractivity contribution < 1.29 is 0 Å². The summed E-state index contributed by atoms with van der Waals surface area (Å²) in [6.45, 7) is 0.676. The molecule has 0 radical (unpaired) electrons. The molecule has 2 heterocycles. The highest BCUT2D eigenvalue weighted by Gasteiger charge is 2.02. The van der Waals surface area contributed by atoms with Crippen molar-refractivity contribution in [3.05, 3.63) is 39.8 Å². The van der Waals surface area contributed by atoms with Crippen molar-refractivity contribution in [1.82, 2.24) is 4.98 Å². The summed E-state index contributed by atoms with van der Waals surface area (Å²) in [5.74, 6) is 0. The normalized spacial score (nSPS) is 10.2. The van der Waals surface area contributed by atoms with Crippen LogP contribution in [-0.4, -0.2) is 4.98 Å². The Morgan fingerprint density at radius 3 is 3.00 bits per heavy atom. The van der Waals surface area contributed by atoms with Crippen molar-refractivity contribution in [3.63, 3.8) is 0 Å². The fourth-order valence-corrected chi connectivity index (χ4v) is 2.11. The molecule has 3 nitrogen and oxygen atoms in total. The molecule has 0 aromatic carbocycles. The van der Waals surface area contributed by atoms with Gasteiger partial charge in [0.2, 0.25) is 0 Å². The van der Waals surface area contributed by atoms with Gasteiger partial charge in [-0.25, -0.2) is 4.98 Å². The van der Waals surface area contributed by atoms with Crippen LogP contribution >= 0.6 is 22.9 Å². The Kier molecular flexibility index (Phi) is 3.08. The van der Waals surface area contributed by atoms with E-state index in [1.165, 1.54) is 0 Å². The van der Waals surface area contributed by atoms with Crippen LogP contribution in [0.25, 0.3) is 0 Å². The van der Waals surface area contributed by atoms with Crippen molar-refractivity contribution >= 4 is 34.3 Å². The first-order valence-corrected chi connectivity index (χ1v) is 5.69. The van der Waals surface area contributed by atoms with E-state index >= 15 is 0 Å².